The van der Waals surface area contributed by atoms with Gasteiger partial charge in [0.05, 0.1) is 34.3 Å². The molecule has 38 heavy (non-hydrogen) atoms. The minimum absolute atomic E-state index is 0.0893. The number of hydrogen-bond donors (Lipinski definition) is 0. The fraction of sp³-hybridized carbons (Fsp3) is 0.179. The van der Waals surface area contributed by atoms with Gasteiger partial charge in [0.15, 0.2) is 4.80 Å². The summed E-state index contributed by atoms with van der Waals surface area (Å²) in [5.41, 5.74) is 2.21. The van der Waals surface area contributed by atoms with E-state index in [4.69, 9.17) is 11.2 Å². The normalized spacial score (nSPS) is 12.0. The molecule has 0 N–H and O–H groups in total. The van der Waals surface area contributed by atoms with Gasteiger partial charge >= 0.3 is 5.97 Å². The number of rotatable bonds is 8. The van der Waals surface area contributed by atoms with Crippen molar-refractivity contribution in [3.8, 4) is 12.3 Å². The van der Waals surface area contributed by atoms with Crippen molar-refractivity contribution < 1.29 is 22.7 Å². The van der Waals surface area contributed by atoms with Crippen LogP contribution in [-0.2, 0) is 27.8 Å². The Balaban J connectivity index is 1.64. The van der Waals surface area contributed by atoms with E-state index in [0.29, 0.717) is 21.6 Å². The first-order chi connectivity index (χ1) is 18.3. The Morgan fingerprint density at radius 3 is 2.37 bits per heavy atom. The summed E-state index contributed by atoms with van der Waals surface area (Å²) < 4.78 is 35.0. The minimum Gasteiger partial charge on any atom is -0.465 e. The molecule has 4 aromatic rings. The molecular weight excluding hydrogens is 522 g/mol. The highest BCUT2D eigenvalue weighted by molar-refractivity contribution is 7.89. The van der Waals surface area contributed by atoms with Crippen molar-refractivity contribution in [1.82, 2.24) is 8.87 Å². The summed E-state index contributed by atoms with van der Waals surface area (Å²) in [5, 5.41) is 0. The topological polar surface area (TPSA) is 98.0 Å². The molecule has 1 heterocycles. The van der Waals surface area contributed by atoms with Gasteiger partial charge in [0, 0.05) is 18.7 Å². The van der Waals surface area contributed by atoms with E-state index in [1.807, 2.05) is 30.3 Å². The maximum atomic E-state index is 13.2. The van der Waals surface area contributed by atoms with Crippen molar-refractivity contribution in [3.05, 3.63) is 94.3 Å². The van der Waals surface area contributed by atoms with Gasteiger partial charge in [0.2, 0.25) is 10.0 Å². The number of sulfonamides is 1. The van der Waals surface area contributed by atoms with Gasteiger partial charge in [-0.2, -0.15) is 9.30 Å². The molecule has 10 heteroatoms. The largest absolute Gasteiger partial charge is 0.465 e. The molecule has 1 aromatic heterocycles. The molecule has 4 rings (SSSR count). The van der Waals surface area contributed by atoms with Gasteiger partial charge in [0.1, 0.15) is 0 Å². The van der Waals surface area contributed by atoms with Crippen molar-refractivity contribution in [1.29, 1.82) is 0 Å². The van der Waals surface area contributed by atoms with Gasteiger partial charge in [-0.15, -0.1) is 6.42 Å². The molecule has 194 valence electrons. The maximum absolute atomic E-state index is 13.2. The molecule has 8 nitrogen and oxygen atoms in total. The standard InChI is InChI=1S/C28H25N3O5S2/c1-4-17-31-24-16-13-22(27(33)36-3)18-25(24)37-28(31)29-26(32)21-11-14-23(15-12-21)38(34,35)30(5-2)19-20-9-7-6-8-10-20/h1,6-16,18H,5,17,19H2,2-3H3. The molecule has 0 aliphatic heterocycles. The number of carbonyl (C=O) groups excluding carboxylic acids is 2. The number of esters is 1. The lowest BCUT2D eigenvalue weighted by atomic mass is 10.2. The summed E-state index contributed by atoms with van der Waals surface area (Å²) in [6.07, 6.45) is 5.54. The van der Waals surface area contributed by atoms with E-state index in [1.165, 1.54) is 47.0 Å². The summed E-state index contributed by atoms with van der Waals surface area (Å²) in [4.78, 5) is 29.6. The zero-order valence-corrected chi connectivity index (χ0v) is 22.5. The van der Waals surface area contributed by atoms with Crippen LogP contribution in [0.2, 0.25) is 0 Å². The first-order valence-electron chi connectivity index (χ1n) is 11.7. The average Bonchev–Trinajstić information content (AvgIpc) is 3.27. The molecule has 0 fully saturated rings. The van der Waals surface area contributed by atoms with E-state index >= 15 is 0 Å². The molecule has 1 amide bonds. The maximum Gasteiger partial charge on any atom is 0.337 e. The number of amides is 1. The van der Waals surface area contributed by atoms with Crippen LogP contribution in [0.3, 0.4) is 0 Å². The van der Waals surface area contributed by atoms with Gasteiger partial charge in [-0.3, -0.25) is 4.79 Å². The lowest BCUT2D eigenvalue weighted by Crippen LogP contribution is -2.30. The second kappa shape index (κ2) is 11.6. The summed E-state index contributed by atoms with van der Waals surface area (Å²) in [6, 6.07) is 20.1. The van der Waals surface area contributed by atoms with Gasteiger partial charge < -0.3 is 9.30 Å². The van der Waals surface area contributed by atoms with Gasteiger partial charge in [-0.1, -0.05) is 54.5 Å². The van der Waals surface area contributed by atoms with Gasteiger partial charge in [-0.05, 0) is 48.0 Å². The monoisotopic (exact) mass is 547 g/mol. The third-order valence-electron chi connectivity index (χ3n) is 5.84. The van der Waals surface area contributed by atoms with E-state index in [2.05, 4.69) is 10.9 Å². The van der Waals surface area contributed by atoms with Crippen molar-refractivity contribution in [2.24, 2.45) is 4.99 Å². The fourth-order valence-electron chi connectivity index (χ4n) is 3.87. The zero-order valence-electron chi connectivity index (χ0n) is 20.8. The SMILES string of the molecule is C#CCn1c(=NC(=O)c2ccc(S(=O)(=O)N(CC)Cc3ccccc3)cc2)sc2cc(C(=O)OC)ccc21. The Morgan fingerprint density at radius 1 is 1.05 bits per heavy atom. The Bertz CT molecular complexity index is 1700. The smallest absolute Gasteiger partial charge is 0.337 e. The molecule has 0 spiro atoms. The summed E-state index contributed by atoms with van der Waals surface area (Å²) >= 11 is 1.21. The molecule has 0 radical (unpaired) electrons. The lowest BCUT2D eigenvalue weighted by Gasteiger charge is -2.20. The van der Waals surface area contributed by atoms with Crippen LogP contribution in [0, 0.1) is 12.3 Å². The molecule has 0 bridgehead atoms. The molecule has 0 saturated carbocycles. The Morgan fingerprint density at radius 2 is 1.74 bits per heavy atom. The fourth-order valence-corrected chi connectivity index (χ4v) is 6.38. The highest BCUT2D eigenvalue weighted by Crippen LogP contribution is 2.21. The zero-order chi connectivity index (χ0) is 27.3. The first-order valence-corrected chi connectivity index (χ1v) is 13.9. The summed E-state index contributed by atoms with van der Waals surface area (Å²) in [7, 11) is -2.46. The summed E-state index contributed by atoms with van der Waals surface area (Å²) in [5.74, 6) is 1.54. The second-order valence-corrected chi connectivity index (χ2v) is 11.2. The van der Waals surface area contributed by atoms with E-state index in [9.17, 15) is 18.0 Å². The van der Waals surface area contributed by atoms with Crippen LogP contribution in [0.1, 0.15) is 33.2 Å². The third-order valence-corrected chi connectivity index (χ3v) is 8.82. The molecule has 0 unspecified atom stereocenters. The predicted molar refractivity (Wildman–Crippen MR) is 146 cm³/mol. The van der Waals surface area contributed by atoms with E-state index in [-0.39, 0.29) is 23.5 Å². The lowest BCUT2D eigenvalue weighted by molar-refractivity contribution is 0.0600. The Labute approximate surface area is 224 Å². The van der Waals surface area contributed by atoms with Crippen molar-refractivity contribution in [2.75, 3.05) is 13.7 Å². The number of thiazole rings is 1. The van der Waals surface area contributed by atoms with Crippen LogP contribution in [-0.4, -0.2) is 42.8 Å². The van der Waals surface area contributed by atoms with E-state index in [0.717, 1.165) is 11.1 Å². The number of terminal acetylenes is 1. The number of benzene rings is 3. The average molecular weight is 548 g/mol. The number of carbonyl (C=O) groups is 2. The number of hydrogen-bond acceptors (Lipinski definition) is 6. The minimum atomic E-state index is -3.77. The highest BCUT2D eigenvalue weighted by Gasteiger charge is 2.23. The van der Waals surface area contributed by atoms with Crippen LogP contribution in [0.5, 0.6) is 0 Å². The molecule has 0 atom stereocenters. The number of ether oxygens (including phenoxy) is 1. The van der Waals surface area contributed by atoms with Crippen molar-refractivity contribution in [3.63, 3.8) is 0 Å². The first kappa shape index (κ1) is 27.0. The van der Waals surface area contributed by atoms with Gasteiger partial charge in [-0.25, -0.2) is 13.2 Å². The number of aromatic nitrogens is 1. The highest BCUT2D eigenvalue weighted by atomic mass is 32.2. The van der Waals surface area contributed by atoms with Crippen LogP contribution < -0.4 is 4.80 Å². The number of nitrogens with zero attached hydrogens (tertiary/aromatic N) is 3. The molecule has 0 aliphatic carbocycles. The van der Waals surface area contributed by atoms with Crippen molar-refractivity contribution in [2.45, 2.75) is 24.9 Å². The summed E-state index contributed by atoms with van der Waals surface area (Å²) in [6.45, 7) is 2.50. The predicted octanol–water partition coefficient (Wildman–Crippen LogP) is 4.07. The van der Waals surface area contributed by atoms with E-state index < -0.39 is 21.9 Å². The van der Waals surface area contributed by atoms with Crippen molar-refractivity contribution >= 4 is 43.5 Å². The molecule has 3 aromatic carbocycles. The third kappa shape index (κ3) is 5.60. The van der Waals surface area contributed by atoms with Crippen LogP contribution in [0.4, 0.5) is 0 Å². The second-order valence-electron chi connectivity index (χ2n) is 8.21. The van der Waals surface area contributed by atoms with Crippen LogP contribution in [0.15, 0.2) is 82.7 Å². The number of fused-ring (bicyclic) bond motifs is 1. The molecule has 0 aliphatic rings. The van der Waals surface area contributed by atoms with E-state index in [1.54, 1.807) is 29.7 Å². The number of methoxy groups -OCH3 is 1. The van der Waals surface area contributed by atoms with Crippen LogP contribution in [0.25, 0.3) is 10.2 Å². The molecule has 0 saturated heterocycles. The molecular formula is C28H25N3O5S2. The van der Waals surface area contributed by atoms with Gasteiger partial charge in [0.25, 0.3) is 5.91 Å². The quantitative estimate of drug-likeness (QED) is 0.245. The Kier molecular flexibility index (Phi) is 8.22. The Hall–Kier alpha value is -4.04. The van der Waals surface area contributed by atoms with Crippen LogP contribution >= 0.6 is 11.3 Å².